The van der Waals surface area contributed by atoms with E-state index in [0.717, 1.165) is 10.0 Å². The van der Waals surface area contributed by atoms with E-state index >= 15 is 0 Å². The molecule has 5 nitrogen and oxygen atoms in total. The maximum Gasteiger partial charge on any atom is 0.280 e. The first-order chi connectivity index (χ1) is 17.6. The number of anilines is 1. The summed E-state index contributed by atoms with van der Waals surface area (Å²) in [5.41, 5.74) is -0.154. The predicted molar refractivity (Wildman–Crippen MR) is 131 cm³/mol. The third-order valence-corrected chi connectivity index (χ3v) is 5.88. The summed E-state index contributed by atoms with van der Waals surface area (Å²) in [4.78, 5) is 12.9. The molecule has 0 aliphatic carbocycles. The van der Waals surface area contributed by atoms with Gasteiger partial charge in [0.1, 0.15) is 12.3 Å². The lowest BCUT2D eigenvalue weighted by atomic mass is 10.1. The van der Waals surface area contributed by atoms with Crippen LogP contribution in [0.3, 0.4) is 0 Å². The number of benzene rings is 3. The molecular weight excluding hydrogens is 563 g/mol. The Morgan fingerprint density at radius 1 is 0.892 bits per heavy atom. The van der Waals surface area contributed by atoms with Crippen molar-refractivity contribution in [3.05, 3.63) is 92.7 Å². The normalized spacial score (nSPS) is 14.4. The molecule has 0 fully saturated rings. The van der Waals surface area contributed by atoms with Gasteiger partial charge >= 0.3 is 0 Å². The van der Waals surface area contributed by atoms with Crippen molar-refractivity contribution in [1.82, 2.24) is 0 Å². The molecule has 0 saturated heterocycles. The average Bonchev–Trinajstić information content (AvgIpc) is 3.15. The molecule has 4 rings (SSSR count). The molecule has 3 aromatic rings. The fourth-order valence-corrected chi connectivity index (χ4v) is 3.79. The highest BCUT2D eigenvalue weighted by molar-refractivity contribution is 9.10. The van der Waals surface area contributed by atoms with Gasteiger partial charge in [-0.15, -0.1) is 0 Å². The molecule has 192 valence electrons. The SMILES string of the molecule is CCOc1cc(/C=C2/C(=O)N(c3c(F)c(F)c(F)c(F)c3F)N=C2C)ccc1OCc1ccc(Br)cc1. The van der Waals surface area contributed by atoms with Crippen molar-refractivity contribution in [2.24, 2.45) is 5.10 Å². The Bertz CT molecular complexity index is 1410. The summed E-state index contributed by atoms with van der Waals surface area (Å²) in [5.74, 6) is -11.2. The fraction of sp³-hybridized carbons (Fsp3) is 0.154. The molecule has 0 atom stereocenters. The lowest BCUT2D eigenvalue weighted by Gasteiger charge is -2.15. The minimum absolute atomic E-state index is 0.0162. The Morgan fingerprint density at radius 2 is 1.51 bits per heavy atom. The zero-order valence-corrected chi connectivity index (χ0v) is 21.0. The highest BCUT2D eigenvalue weighted by Crippen LogP contribution is 2.35. The van der Waals surface area contributed by atoms with Gasteiger partial charge in [0.25, 0.3) is 5.91 Å². The second-order valence-electron chi connectivity index (χ2n) is 7.83. The number of hydrogen-bond donors (Lipinski definition) is 0. The van der Waals surface area contributed by atoms with E-state index in [9.17, 15) is 26.7 Å². The summed E-state index contributed by atoms with van der Waals surface area (Å²) in [5, 5.41) is 3.90. The van der Waals surface area contributed by atoms with Gasteiger partial charge in [0.15, 0.2) is 34.8 Å². The van der Waals surface area contributed by atoms with Gasteiger partial charge in [-0.25, -0.2) is 22.0 Å². The molecule has 0 radical (unpaired) electrons. The molecule has 37 heavy (non-hydrogen) atoms. The zero-order valence-electron chi connectivity index (χ0n) is 19.4. The van der Waals surface area contributed by atoms with E-state index in [1.165, 1.54) is 13.0 Å². The first-order valence-corrected chi connectivity index (χ1v) is 11.7. The highest BCUT2D eigenvalue weighted by Gasteiger charge is 2.37. The Labute approximate surface area is 216 Å². The van der Waals surface area contributed by atoms with Gasteiger partial charge in [0.2, 0.25) is 5.82 Å². The van der Waals surface area contributed by atoms with Gasteiger partial charge in [-0.2, -0.15) is 10.1 Å². The van der Waals surface area contributed by atoms with Crippen LogP contribution in [0.2, 0.25) is 0 Å². The van der Waals surface area contributed by atoms with Crippen molar-refractivity contribution in [3.8, 4) is 11.5 Å². The number of nitrogens with zero attached hydrogens (tertiary/aromatic N) is 2. The fourth-order valence-electron chi connectivity index (χ4n) is 3.53. The lowest BCUT2D eigenvalue weighted by Crippen LogP contribution is -2.25. The molecule has 0 spiro atoms. The van der Waals surface area contributed by atoms with Gasteiger partial charge in [-0.1, -0.05) is 34.1 Å². The standard InChI is InChI=1S/C26H18BrF5N2O3/c1-3-36-19-11-15(6-9-18(19)37-12-14-4-7-16(27)8-5-14)10-17-13(2)33-34(26(17)35)25-23(31)21(29)20(28)22(30)24(25)32/h4-11H,3,12H2,1-2H3/b17-10+. The largest absolute Gasteiger partial charge is 0.490 e. The number of carbonyl (C=O) groups is 1. The number of rotatable bonds is 7. The molecular formula is C26H18BrF5N2O3. The van der Waals surface area contributed by atoms with Gasteiger partial charge < -0.3 is 9.47 Å². The van der Waals surface area contributed by atoms with E-state index in [1.807, 2.05) is 24.3 Å². The summed E-state index contributed by atoms with van der Waals surface area (Å²) in [6, 6.07) is 12.4. The molecule has 0 saturated carbocycles. The number of ether oxygens (including phenoxy) is 2. The highest BCUT2D eigenvalue weighted by atomic mass is 79.9. The van der Waals surface area contributed by atoms with Crippen LogP contribution >= 0.6 is 15.9 Å². The van der Waals surface area contributed by atoms with Crippen LogP contribution in [0.25, 0.3) is 6.08 Å². The topological polar surface area (TPSA) is 51.1 Å². The summed E-state index contributed by atoms with van der Waals surface area (Å²) in [6.45, 7) is 3.74. The van der Waals surface area contributed by atoms with Crippen LogP contribution in [0, 0.1) is 29.1 Å². The van der Waals surface area contributed by atoms with Gasteiger partial charge in [0, 0.05) is 4.47 Å². The molecule has 0 aromatic heterocycles. The third kappa shape index (κ3) is 5.22. The third-order valence-electron chi connectivity index (χ3n) is 5.35. The second-order valence-corrected chi connectivity index (χ2v) is 8.75. The molecule has 3 aromatic carbocycles. The van der Waals surface area contributed by atoms with E-state index < -0.39 is 40.7 Å². The van der Waals surface area contributed by atoms with Gasteiger partial charge in [-0.05, 0) is 55.3 Å². The first kappa shape index (κ1) is 26.3. The van der Waals surface area contributed by atoms with Crippen molar-refractivity contribution < 1.29 is 36.2 Å². The van der Waals surface area contributed by atoms with E-state index in [2.05, 4.69) is 21.0 Å². The van der Waals surface area contributed by atoms with Gasteiger partial charge in [-0.3, -0.25) is 4.79 Å². The van der Waals surface area contributed by atoms with Crippen LogP contribution in [-0.4, -0.2) is 18.2 Å². The molecule has 11 heteroatoms. The maximum absolute atomic E-state index is 14.3. The predicted octanol–water partition coefficient (Wildman–Crippen LogP) is 6.93. The maximum atomic E-state index is 14.3. The number of hydrazone groups is 1. The second kappa shape index (κ2) is 10.7. The van der Waals surface area contributed by atoms with Gasteiger partial charge in [0.05, 0.1) is 17.9 Å². The van der Waals surface area contributed by atoms with Crippen LogP contribution in [0.5, 0.6) is 11.5 Å². The molecule has 1 amide bonds. The smallest absolute Gasteiger partial charge is 0.280 e. The van der Waals surface area contributed by atoms with Crippen molar-refractivity contribution in [1.29, 1.82) is 0 Å². The molecule has 0 bridgehead atoms. The zero-order chi connectivity index (χ0) is 26.9. The van der Waals surface area contributed by atoms with E-state index in [1.54, 1.807) is 25.1 Å². The number of carbonyl (C=O) groups excluding carboxylic acids is 1. The van der Waals surface area contributed by atoms with E-state index in [4.69, 9.17) is 9.47 Å². The summed E-state index contributed by atoms with van der Waals surface area (Å²) in [6.07, 6.45) is 1.37. The van der Waals surface area contributed by atoms with E-state index in [-0.39, 0.29) is 22.9 Å². The van der Waals surface area contributed by atoms with Crippen molar-refractivity contribution in [3.63, 3.8) is 0 Å². The van der Waals surface area contributed by atoms with E-state index in [0.29, 0.717) is 23.7 Å². The van der Waals surface area contributed by atoms with Crippen LogP contribution in [0.1, 0.15) is 25.0 Å². The Kier molecular flexibility index (Phi) is 7.63. The summed E-state index contributed by atoms with van der Waals surface area (Å²) < 4.78 is 81.8. The lowest BCUT2D eigenvalue weighted by molar-refractivity contribution is -0.114. The Hall–Kier alpha value is -3.73. The first-order valence-electron chi connectivity index (χ1n) is 10.9. The van der Waals surface area contributed by atoms with Crippen LogP contribution in [0.4, 0.5) is 27.6 Å². The summed E-state index contributed by atoms with van der Waals surface area (Å²) >= 11 is 3.37. The Morgan fingerprint density at radius 3 is 2.14 bits per heavy atom. The van der Waals surface area contributed by atoms with Crippen LogP contribution in [0.15, 0.2) is 57.6 Å². The van der Waals surface area contributed by atoms with Crippen molar-refractivity contribution >= 4 is 39.3 Å². The minimum atomic E-state index is -2.33. The van der Waals surface area contributed by atoms with Crippen LogP contribution < -0.4 is 14.5 Å². The number of halogens is 6. The van der Waals surface area contributed by atoms with Crippen LogP contribution in [-0.2, 0) is 11.4 Å². The monoisotopic (exact) mass is 580 g/mol. The molecule has 1 aliphatic heterocycles. The number of amides is 1. The Balaban J connectivity index is 1.62. The molecule has 0 unspecified atom stereocenters. The molecule has 1 heterocycles. The number of hydrogen-bond acceptors (Lipinski definition) is 4. The summed E-state index contributed by atoms with van der Waals surface area (Å²) in [7, 11) is 0. The molecule has 1 aliphatic rings. The average molecular weight is 581 g/mol. The molecule has 0 N–H and O–H groups in total. The van der Waals surface area contributed by atoms with Crippen molar-refractivity contribution in [2.75, 3.05) is 11.6 Å². The quantitative estimate of drug-likeness (QED) is 0.132. The van der Waals surface area contributed by atoms with Crippen molar-refractivity contribution in [2.45, 2.75) is 20.5 Å². The minimum Gasteiger partial charge on any atom is -0.490 e.